The van der Waals surface area contributed by atoms with Gasteiger partial charge in [0.1, 0.15) is 17.1 Å². The number of rotatable bonds is 7. The third-order valence-electron chi connectivity index (χ3n) is 5.36. The maximum Gasteiger partial charge on any atom is 0.313 e. The van der Waals surface area contributed by atoms with Gasteiger partial charge in [0.25, 0.3) is 0 Å². The van der Waals surface area contributed by atoms with Gasteiger partial charge >= 0.3 is 5.97 Å². The molecule has 0 bridgehead atoms. The number of aromatic nitrogens is 1. The quantitative estimate of drug-likeness (QED) is 0.235. The van der Waals surface area contributed by atoms with E-state index in [9.17, 15) is 9.59 Å². The first-order valence-corrected chi connectivity index (χ1v) is 11.6. The van der Waals surface area contributed by atoms with Gasteiger partial charge in [-0.3, -0.25) is 9.59 Å². The second-order valence-electron chi connectivity index (χ2n) is 7.74. The first-order valence-electron chi connectivity index (χ1n) is 10.8. The van der Waals surface area contributed by atoms with Crippen molar-refractivity contribution in [3.8, 4) is 11.5 Å². The van der Waals surface area contributed by atoms with Gasteiger partial charge in [-0.2, -0.15) is 0 Å². The van der Waals surface area contributed by atoms with Crippen LogP contribution in [0, 0.1) is 6.92 Å². The molecular weight excluding hydrogens is 438 g/mol. The Morgan fingerprint density at radius 2 is 1.88 bits per heavy atom. The summed E-state index contributed by atoms with van der Waals surface area (Å²) < 4.78 is 17.2. The highest BCUT2D eigenvalue weighted by atomic mass is 32.2. The minimum absolute atomic E-state index is 0.0513. The molecule has 1 atom stereocenters. The van der Waals surface area contributed by atoms with E-state index >= 15 is 0 Å². The van der Waals surface area contributed by atoms with Crippen molar-refractivity contribution in [2.75, 3.05) is 6.61 Å². The predicted octanol–water partition coefficient (Wildman–Crippen LogP) is 6.29. The normalized spacial score (nSPS) is 12.1. The van der Waals surface area contributed by atoms with Gasteiger partial charge in [-0.15, -0.1) is 0 Å². The minimum Gasteiger partial charge on any atom is -0.466 e. The number of carbonyl (C=O) groups is 2. The Morgan fingerprint density at radius 1 is 1.12 bits per heavy atom. The second-order valence-corrected chi connectivity index (χ2v) is 8.93. The fraction of sp³-hybridized carbons (Fsp3) is 0.269. The van der Waals surface area contributed by atoms with E-state index < -0.39 is 5.92 Å². The molecule has 0 amide bonds. The summed E-state index contributed by atoms with van der Waals surface area (Å²) >= 11 is 1.12. The van der Waals surface area contributed by atoms with Crippen LogP contribution < -0.4 is 0 Å². The number of hydrogen-bond donors (Lipinski definition) is 0. The largest absolute Gasteiger partial charge is 0.466 e. The number of carbonyl (C=O) groups excluding carboxylic acids is 2. The van der Waals surface area contributed by atoms with Crippen molar-refractivity contribution in [3.63, 3.8) is 0 Å². The number of thioether (sulfide) groups is 1. The number of nitrogens with zero attached hydrogens (tertiary/aromatic N) is 1. The minimum atomic E-state index is -0.422. The van der Waals surface area contributed by atoms with Crippen molar-refractivity contribution >= 4 is 33.8 Å². The van der Waals surface area contributed by atoms with E-state index in [0.717, 1.165) is 38.9 Å². The molecular formula is C26H25NO5S. The van der Waals surface area contributed by atoms with Crippen molar-refractivity contribution in [3.05, 3.63) is 71.3 Å². The van der Waals surface area contributed by atoms with E-state index in [2.05, 4.69) is 4.98 Å². The van der Waals surface area contributed by atoms with Crippen LogP contribution in [0.5, 0.6) is 0 Å². The molecule has 4 rings (SSSR count). The maximum atomic E-state index is 12.2. The number of benzene rings is 2. The van der Waals surface area contributed by atoms with E-state index in [4.69, 9.17) is 13.6 Å². The Labute approximate surface area is 196 Å². The van der Waals surface area contributed by atoms with Crippen molar-refractivity contribution in [1.82, 2.24) is 4.98 Å². The fourth-order valence-electron chi connectivity index (χ4n) is 3.64. The number of oxazole rings is 1. The second kappa shape index (κ2) is 9.67. The van der Waals surface area contributed by atoms with Crippen molar-refractivity contribution in [2.45, 2.75) is 44.9 Å². The summed E-state index contributed by atoms with van der Waals surface area (Å²) in [5.74, 6) is 1.18. The molecule has 2 aromatic carbocycles. The Morgan fingerprint density at radius 3 is 2.58 bits per heavy atom. The van der Waals surface area contributed by atoms with Gasteiger partial charge in [-0.05, 0) is 62.4 Å². The molecule has 0 fully saturated rings. The Bertz CT molecular complexity index is 1310. The van der Waals surface area contributed by atoms with Crippen molar-refractivity contribution < 1.29 is 23.2 Å². The number of hydrogen-bond acceptors (Lipinski definition) is 7. The Kier molecular flexibility index (Phi) is 6.70. The van der Waals surface area contributed by atoms with Gasteiger partial charge < -0.3 is 13.6 Å². The van der Waals surface area contributed by atoms with Gasteiger partial charge in [-0.1, -0.05) is 24.3 Å². The maximum absolute atomic E-state index is 12.2. The molecule has 2 aromatic heterocycles. The topological polar surface area (TPSA) is 82.5 Å². The summed E-state index contributed by atoms with van der Waals surface area (Å²) in [4.78, 5) is 29.7. The molecule has 0 aliphatic rings. The molecule has 1 unspecified atom stereocenters. The van der Waals surface area contributed by atoms with E-state index in [1.165, 1.54) is 6.92 Å². The van der Waals surface area contributed by atoms with E-state index in [-0.39, 0.29) is 11.1 Å². The summed E-state index contributed by atoms with van der Waals surface area (Å²) in [5, 5.41) is 0.743. The molecule has 0 aliphatic heterocycles. The number of aryl methyl sites for hydroxylation is 1. The first kappa shape index (κ1) is 22.9. The van der Waals surface area contributed by atoms with Crippen LogP contribution in [0.15, 0.2) is 62.3 Å². The van der Waals surface area contributed by atoms with Gasteiger partial charge in [0, 0.05) is 17.9 Å². The molecule has 0 radical (unpaired) electrons. The third kappa shape index (κ3) is 4.88. The van der Waals surface area contributed by atoms with E-state index in [0.29, 0.717) is 36.0 Å². The highest BCUT2D eigenvalue weighted by molar-refractivity contribution is 8.13. The Balaban J connectivity index is 1.72. The van der Waals surface area contributed by atoms with Gasteiger partial charge in [0.2, 0.25) is 5.89 Å². The smallest absolute Gasteiger partial charge is 0.313 e. The zero-order chi connectivity index (χ0) is 23.5. The summed E-state index contributed by atoms with van der Waals surface area (Å²) in [7, 11) is 0. The highest BCUT2D eigenvalue weighted by Gasteiger charge is 2.23. The molecule has 7 heteroatoms. The molecule has 0 saturated carbocycles. The zero-order valence-electron chi connectivity index (χ0n) is 19.0. The SMILES string of the molecule is CCOC(=O)C(C)c1ccc2oc(Cc3nc(-c4ccccc4)oc3C)c(SC(C)=O)c2c1. The van der Waals surface area contributed by atoms with E-state index in [1.54, 1.807) is 6.92 Å². The monoisotopic (exact) mass is 463 g/mol. The summed E-state index contributed by atoms with van der Waals surface area (Å²) in [6, 6.07) is 15.3. The number of esters is 1. The van der Waals surface area contributed by atoms with Crippen LogP contribution in [-0.2, 0) is 20.7 Å². The lowest BCUT2D eigenvalue weighted by Crippen LogP contribution is -2.12. The van der Waals surface area contributed by atoms with E-state index in [1.807, 2.05) is 62.4 Å². The number of furan rings is 1. The number of fused-ring (bicyclic) bond motifs is 1. The van der Waals surface area contributed by atoms with Gasteiger partial charge in [0.15, 0.2) is 5.12 Å². The van der Waals surface area contributed by atoms with Crippen LogP contribution in [0.4, 0.5) is 0 Å². The molecule has 0 N–H and O–H groups in total. The number of ether oxygens (including phenoxy) is 1. The van der Waals surface area contributed by atoms with Gasteiger partial charge in [0.05, 0.1) is 29.5 Å². The zero-order valence-corrected chi connectivity index (χ0v) is 19.8. The lowest BCUT2D eigenvalue weighted by atomic mass is 10.00. The average Bonchev–Trinajstić information content (AvgIpc) is 3.33. The molecule has 2 heterocycles. The van der Waals surface area contributed by atoms with Crippen LogP contribution >= 0.6 is 11.8 Å². The third-order valence-corrected chi connectivity index (χ3v) is 6.30. The van der Waals surface area contributed by atoms with Gasteiger partial charge in [-0.25, -0.2) is 4.98 Å². The molecule has 4 aromatic rings. The molecule has 6 nitrogen and oxygen atoms in total. The standard InChI is InChI=1S/C26H25NO5S/c1-5-30-26(29)15(2)19-11-12-22-20(13-19)24(33-17(4)28)23(32-22)14-21-16(3)31-25(27-21)18-9-7-6-8-10-18/h6-13,15H,5,14H2,1-4H3. The highest BCUT2D eigenvalue weighted by Crippen LogP contribution is 2.38. The lowest BCUT2D eigenvalue weighted by Gasteiger charge is -2.10. The summed E-state index contributed by atoms with van der Waals surface area (Å²) in [6.45, 7) is 7.31. The van der Waals surface area contributed by atoms with Crippen LogP contribution in [0.2, 0.25) is 0 Å². The molecule has 33 heavy (non-hydrogen) atoms. The predicted molar refractivity (Wildman–Crippen MR) is 127 cm³/mol. The van der Waals surface area contributed by atoms with Crippen LogP contribution in [0.3, 0.4) is 0 Å². The summed E-state index contributed by atoms with van der Waals surface area (Å²) in [6.07, 6.45) is 0.384. The molecule has 0 saturated heterocycles. The molecule has 0 spiro atoms. The first-order chi connectivity index (χ1) is 15.9. The van der Waals surface area contributed by atoms with Crippen LogP contribution in [-0.4, -0.2) is 22.7 Å². The fourth-order valence-corrected chi connectivity index (χ4v) is 4.42. The molecule has 170 valence electrons. The van der Waals surface area contributed by atoms with Crippen LogP contribution in [0.1, 0.15) is 49.5 Å². The van der Waals surface area contributed by atoms with Crippen molar-refractivity contribution in [2.24, 2.45) is 0 Å². The lowest BCUT2D eigenvalue weighted by molar-refractivity contribution is -0.144. The summed E-state index contributed by atoms with van der Waals surface area (Å²) in [5.41, 5.74) is 3.10. The van der Waals surface area contributed by atoms with Crippen LogP contribution in [0.25, 0.3) is 22.4 Å². The van der Waals surface area contributed by atoms with Crippen molar-refractivity contribution in [1.29, 1.82) is 0 Å². The average molecular weight is 464 g/mol. The Hall–Kier alpha value is -3.32. The molecule has 0 aliphatic carbocycles.